The summed E-state index contributed by atoms with van der Waals surface area (Å²) in [4.78, 5) is 0. The van der Waals surface area contributed by atoms with Crippen LogP contribution in [-0.4, -0.2) is 6.61 Å². The lowest BCUT2D eigenvalue weighted by atomic mass is 10.0. The highest BCUT2D eigenvalue weighted by Crippen LogP contribution is 2.13. The van der Waals surface area contributed by atoms with Gasteiger partial charge in [-0.25, -0.2) is 0 Å². The first-order chi connectivity index (χ1) is 13.3. The molecule has 0 amide bonds. The van der Waals surface area contributed by atoms with Crippen molar-refractivity contribution in [3.63, 3.8) is 0 Å². The van der Waals surface area contributed by atoms with E-state index in [1.54, 1.807) is 0 Å². The van der Waals surface area contributed by atoms with Gasteiger partial charge in [0.05, 0.1) is 6.61 Å². The minimum atomic E-state index is 0.689. The first-order valence-electron chi connectivity index (χ1n) is 9.97. The van der Waals surface area contributed by atoms with Gasteiger partial charge < -0.3 is 4.74 Å². The Morgan fingerprint density at radius 3 is 1.89 bits per heavy atom. The Labute approximate surface area is 164 Å². The molecule has 27 heavy (non-hydrogen) atoms. The van der Waals surface area contributed by atoms with E-state index >= 15 is 0 Å². The van der Waals surface area contributed by atoms with E-state index in [-0.39, 0.29) is 0 Å². The Balaban J connectivity index is 1.78. The van der Waals surface area contributed by atoms with E-state index in [1.165, 1.54) is 43.2 Å². The molecule has 0 unspecified atom stereocenters. The average molecular weight is 359 g/mol. The molecule has 1 nitrogen and oxygen atoms in total. The number of aryl methyl sites for hydroxylation is 1. The number of unbranched alkanes of at least 4 members (excludes halogenated alkanes) is 3. The largest absolute Gasteiger partial charge is 0.494 e. The third kappa shape index (κ3) is 8.47. The molecule has 0 radical (unpaired) electrons. The van der Waals surface area contributed by atoms with E-state index in [2.05, 4.69) is 49.1 Å². The van der Waals surface area contributed by atoms with Crippen LogP contribution in [0.15, 0.2) is 60.7 Å². The molecule has 0 aliphatic carbocycles. The molecule has 0 N–H and O–H groups in total. The number of allylic oxidation sites excluding steroid dienone is 2. The van der Waals surface area contributed by atoms with E-state index in [0.717, 1.165) is 11.3 Å². The molecule has 0 fully saturated rings. The summed E-state index contributed by atoms with van der Waals surface area (Å²) in [5, 5.41) is 0. The van der Waals surface area contributed by atoms with Crippen molar-refractivity contribution < 1.29 is 4.74 Å². The highest BCUT2D eigenvalue weighted by atomic mass is 16.5. The fraction of sp³-hybridized carbons (Fsp3) is 0.308. The SMILES string of the molecule is CCCCCCc1ccc(/C=C/C#C/C=C/c2ccc(OCC)cc2)cc1. The maximum atomic E-state index is 5.44. The Morgan fingerprint density at radius 2 is 1.33 bits per heavy atom. The van der Waals surface area contributed by atoms with Crippen molar-refractivity contribution in [2.75, 3.05) is 6.61 Å². The summed E-state index contributed by atoms with van der Waals surface area (Å²) in [7, 11) is 0. The first-order valence-corrected chi connectivity index (χ1v) is 9.97. The van der Waals surface area contributed by atoms with Crippen molar-refractivity contribution in [3.8, 4) is 17.6 Å². The van der Waals surface area contributed by atoms with E-state index < -0.39 is 0 Å². The van der Waals surface area contributed by atoms with Crippen LogP contribution in [0.4, 0.5) is 0 Å². The zero-order chi connectivity index (χ0) is 19.2. The molecular formula is C26H30O. The molecule has 0 aliphatic rings. The Bertz CT molecular complexity index is 768. The third-order valence-electron chi connectivity index (χ3n) is 4.29. The normalized spacial score (nSPS) is 10.9. The van der Waals surface area contributed by atoms with Crippen LogP contribution in [0.5, 0.6) is 5.75 Å². The lowest BCUT2D eigenvalue weighted by Crippen LogP contribution is -1.90. The van der Waals surface area contributed by atoms with Crippen LogP contribution < -0.4 is 4.74 Å². The summed E-state index contributed by atoms with van der Waals surface area (Å²) < 4.78 is 5.44. The van der Waals surface area contributed by atoms with Crippen LogP contribution >= 0.6 is 0 Å². The fourth-order valence-electron chi connectivity index (χ4n) is 2.77. The van der Waals surface area contributed by atoms with Crippen LogP contribution in [0.1, 0.15) is 56.2 Å². The van der Waals surface area contributed by atoms with Crippen LogP contribution in [0, 0.1) is 11.8 Å². The lowest BCUT2D eigenvalue weighted by molar-refractivity contribution is 0.340. The van der Waals surface area contributed by atoms with E-state index in [9.17, 15) is 0 Å². The Kier molecular flexibility index (Phi) is 9.61. The average Bonchev–Trinajstić information content (AvgIpc) is 2.70. The maximum Gasteiger partial charge on any atom is 0.119 e. The summed E-state index contributed by atoms with van der Waals surface area (Å²) in [6.07, 6.45) is 14.3. The summed E-state index contributed by atoms with van der Waals surface area (Å²) in [5.41, 5.74) is 3.73. The molecule has 0 bridgehead atoms. The molecular weight excluding hydrogens is 328 g/mol. The van der Waals surface area contributed by atoms with Gasteiger partial charge in [0.25, 0.3) is 0 Å². The van der Waals surface area contributed by atoms with Crippen molar-refractivity contribution >= 4 is 12.2 Å². The molecule has 0 aromatic heterocycles. The third-order valence-corrected chi connectivity index (χ3v) is 4.29. The van der Waals surface area contributed by atoms with Crippen LogP contribution in [0.25, 0.3) is 12.2 Å². The summed E-state index contributed by atoms with van der Waals surface area (Å²) in [6, 6.07) is 16.8. The molecule has 2 aromatic carbocycles. The van der Waals surface area contributed by atoms with Gasteiger partial charge >= 0.3 is 0 Å². The van der Waals surface area contributed by atoms with Gasteiger partial charge in [0.2, 0.25) is 0 Å². The Hall–Kier alpha value is -2.72. The van der Waals surface area contributed by atoms with Gasteiger partial charge in [0, 0.05) is 0 Å². The molecule has 0 atom stereocenters. The lowest BCUT2D eigenvalue weighted by Gasteiger charge is -2.01. The molecule has 0 heterocycles. The minimum Gasteiger partial charge on any atom is -0.494 e. The molecule has 140 valence electrons. The second-order valence-corrected chi connectivity index (χ2v) is 6.51. The minimum absolute atomic E-state index is 0.689. The van der Waals surface area contributed by atoms with Crippen LogP contribution in [0.3, 0.4) is 0 Å². The first kappa shape index (κ1) is 20.6. The highest BCUT2D eigenvalue weighted by Gasteiger charge is 1.94. The molecule has 0 saturated heterocycles. The predicted octanol–water partition coefficient (Wildman–Crippen LogP) is 6.94. The molecule has 0 aliphatic heterocycles. The van der Waals surface area contributed by atoms with Gasteiger partial charge in [-0.2, -0.15) is 0 Å². The quantitative estimate of drug-likeness (QED) is 0.348. The maximum absolute atomic E-state index is 5.44. The number of benzene rings is 2. The smallest absolute Gasteiger partial charge is 0.119 e. The van der Waals surface area contributed by atoms with Crippen molar-refractivity contribution in [2.24, 2.45) is 0 Å². The second-order valence-electron chi connectivity index (χ2n) is 6.51. The molecule has 1 heteroatoms. The standard InChI is InChI=1S/C26H30O/c1-3-5-6-9-12-23-15-17-24(18-16-23)13-10-7-8-11-14-25-19-21-26(22-20-25)27-4-2/h10-11,13-22H,3-6,9,12H2,1-2H3/b13-10+,14-11+. The predicted molar refractivity (Wildman–Crippen MR) is 118 cm³/mol. The molecule has 2 aromatic rings. The molecule has 0 saturated carbocycles. The van der Waals surface area contributed by atoms with Gasteiger partial charge in [0.1, 0.15) is 5.75 Å². The van der Waals surface area contributed by atoms with Crippen molar-refractivity contribution in [3.05, 3.63) is 77.4 Å². The van der Waals surface area contributed by atoms with Gasteiger partial charge in [-0.1, -0.05) is 74.4 Å². The summed E-state index contributed by atoms with van der Waals surface area (Å²) in [5.74, 6) is 7.00. The zero-order valence-corrected chi connectivity index (χ0v) is 16.6. The van der Waals surface area contributed by atoms with Crippen LogP contribution in [-0.2, 0) is 6.42 Å². The van der Waals surface area contributed by atoms with Gasteiger partial charge in [0.15, 0.2) is 0 Å². The molecule has 2 rings (SSSR count). The second kappa shape index (κ2) is 12.6. The highest BCUT2D eigenvalue weighted by molar-refractivity contribution is 5.56. The van der Waals surface area contributed by atoms with Gasteiger partial charge in [-0.15, -0.1) is 0 Å². The fourth-order valence-corrected chi connectivity index (χ4v) is 2.77. The number of hydrogen-bond acceptors (Lipinski definition) is 1. The van der Waals surface area contributed by atoms with Gasteiger partial charge in [-0.3, -0.25) is 0 Å². The Morgan fingerprint density at radius 1 is 0.741 bits per heavy atom. The number of ether oxygens (including phenoxy) is 1. The number of hydrogen-bond donors (Lipinski definition) is 0. The van der Waals surface area contributed by atoms with Crippen molar-refractivity contribution in [1.29, 1.82) is 0 Å². The zero-order valence-electron chi connectivity index (χ0n) is 16.6. The topological polar surface area (TPSA) is 9.23 Å². The van der Waals surface area contributed by atoms with E-state index in [4.69, 9.17) is 4.74 Å². The van der Waals surface area contributed by atoms with Crippen molar-refractivity contribution in [1.82, 2.24) is 0 Å². The summed E-state index contributed by atoms with van der Waals surface area (Å²) in [6.45, 7) is 4.93. The van der Waals surface area contributed by atoms with Crippen LogP contribution in [0.2, 0.25) is 0 Å². The molecule has 0 spiro atoms. The monoisotopic (exact) mass is 358 g/mol. The number of rotatable bonds is 9. The van der Waals surface area contributed by atoms with E-state index in [0.29, 0.717) is 6.61 Å². The van der Waals surface area contributed by atoms with Crippen molar-refractivity contribution in [2.45, 2.75) is 46.0 Å². The van der Waals surface area contributed by atoms with Gasteiger partial charge in [-0.05, 0) is 72.9 Å². The summed E-state index contributed by atoms with van der Waals surface area (Å²) >= 11 is 0. The van der Waals surface area contributed by atoms with E-state index in [1.807, 2.05) is 49.4 Å².